The van der Waals surface area contributed by atoms with Gasteiger partial charge in [0.25, 0.3) is 0 Å². The van der Waals surface area contributed by atoms with Gasteiger partial charge in [-0.2, -0.15) is 0 Å². The number of nitrogens with one attached hydrogen (secondary N) is 2. The number of benzene rings is 1. The van der Waals surface area contributed by atoms with Gasteiger partial charge in [-0.15, -0.1) is 12.4 Å². The molecule has 0 radical (unpaired) electrons. The summed E-state index contributed by atoms with van der Waals surface area (Å²) in [6.45, 7) is 1.58. The second-order valence-corrected chi connectivity index (χ2v) is 6.31. The lowest BCUT2D eigenvalue weighted by Crippen LogP contribution is -2.27. The van der Waals surface area contributed by atoms with E-state index in [4.69, 9.17) is 5.73 Å². The van der Waals surface area contributed by atoms with Crippen molar-refractivity contribution in [3.8, 4) is 0 Å². The van der Waals surface area contributed by atoms with Gasteiger partial charge < -0.3 is 11.1 Å². The van der Waals surface area contributed by atoms with Crippen LogP contribution in [-0.4, -0.2) is 26.9 Å². The maximum Gasteiger partial charge on any atom is 0.241 e. The minimum Gasteiger partial charge on any atom is -0.325 e. The molecule has 1 aromatic carbocycles. The summed E-state index contributed by atoms with van der Waals surface area (Å²) in [5, 5.41) is 2.54. The van der Waals surface area contributed by atoms with E-state index in [1.54, 1.807) is 19.1 Å². The van der Waals surface area contributed by atoms with Crippen LogP contribution < -0.4 is 15.8 Å². The van der Waals surface area contributed by atoms with Crippen molar-refractivity contribution < 1.29 is 13.2 Å². The molecule has 1 fully saturated rings. The van der Waals surface area contributed by atoms with Crippen molar-refractivity contribution in [2.75, 3.05) is 11.9 Å². The van der Waals surface area contributed by atoms with Crippen molar-refractivity contribution in [3.63, 3.8) is 0 Å². The van der Waals surface area contributed by atoms with E-state index in [2.05, 4.69) is 10.0 Å². The molecule has 1 aliphatic rings. The first kappa shape index (κ1) is 16.9. The van der Waals surface area contributed by atoms with Crippen LogP contribution in [-0.2, 0) is 14.8 Å². The summed E-state index contributed by atoms with van der Waals surface area (Å²) in [5.41, 5.74) is 6.27. The van der Waals surface area contributed by atoms with Gasteiger partial charge in [-0.25, -0.2) is 13.1 Å². The Kier molecular flexibility index (Phi) is 5.52. The molecular formula is C12H18ClN3O3S. The van der Waals surface area contributed by atoms with Gasteiger partial charge in [0.2, 0.25) is 15.9 Å². The molecule has 0 atom stereocenters. The molecule has 1 aliphatic carbocycles. The van der Waals surface area contributed by atoms with Crippen LogP contribution in [0, 0.1) is 6.92 Å². The number of sulfonamides is 1. The smallest absolute Gasteiger partial charge is 0.241 e. The third-order valence-electron chi connectivity index (χ3n) is 2.85. The maximum absolute atomic E-state index is 12.2. The number of rotatable bonds is 5. The van der Waals surface area contributed by atoms with Crippen LogP contribution in [0.3, 0.4) is 0 Å². The first-order valence-electron chi connectivity index (χ1n) is 6.05. The Bertz CT molecular complexity index is 600. The molecule has 0 unspecified atom stereocenters. The Balaban J connectivity index is 0.00000200. The molecule has 1 aromatic rings. The molecule has 6 nitrogen and oxygen atoms in total. The zero-order valence-corrected chi connectivity index (χ0v) is 12.7. The monoisotopic (exact) mass is 319 g/mol. The number of aryl methyl sites for hydroxylation is 1. The first-order chi connectivity index (χ1) is 8.92. The lowest BCUT2D eigenvalue weighted by atomic mass is 10.2. The molecule has 0 saturated heterocycles. The third-order valence-corrected chi connectivity index (χ3v) is 4.51. The topological polar surface area (TPSA) is 101 Å². The summed E-state index contributed by atoms with van der Waals surface area (Å²) in [6, 6.07) is 4.81. The number of nitrogens with two attached hydrogens (primary N) is 1. The van der Waals surface area contributed by atoms with E-state index < -0.39 is 10.0 Å². The van der Waals surface area contributed by atoms with Gasteiger partial charge in [0.1, 0.15) is 0 Å². The SMILES string of the molecule is Cc1ccc(NC(=O)CN)cc1S(=O)(=O)NC1CC1.Cl. The van der Waals surface area contributed by atoms with Crippen molar-refractivity contribution in [3.05, 3.63) is 23.8 Å². The summed E-state index contributed by atoms with van der Waals surface area (Å²) in [4.78, 5) is 11.4. The lowest BCUT2D eigenvalue weighted by molar-refractivity contribution is -0.114. The predicted octanol–water partition coefficient (Wildman–Crippen LogP) is 0.755. The van der Waals surface area contributed by atoms with E-state index >= 15 is 0 Å². The molecule has 1 amide bonds. The van der Waals surface area contributed by atoms with Crippen LogP contribution in [0.4, 0.5) is 5.69 Å². The number of anilines is 1. The van der Waals surface area contributed by atoms with Crippen LogP contribution in [0.5, 0.6) is 0 Å². The molecule has 8 heteroatoms. The van der Waals surface area contributed by atoms with E-state index in [0.29, 0.717) is 11.3 Å². The minimum absolute atomic E-state index is 0. The molecular weight excluding hydrogens is 302 g/mol. The van der Waals surface area contributed by atoms with Gasteiger partial charge in [-0.1, -0.05) is 6.07 Å². The molecule has 0 spiro atoms. The zero-order chi connectivity index (χ0) is 14.0. The van der Waals surface area contributed by atoms with Crippen molar-refractivity contribution in [1.82, 2.24) is 4.72 Å². The zero-order valence-electron chi connectivity index (χ0n) is 11.0. The molecule has 20 heavy (non-hydrogen) atoms. The second kappa shape index (κ2) is 6.53. The van der Waals surface area contributed by atoms with Gasteiger partial charge in [0, 0.05) is 11.7 Å². The number of hydrogen-bond acceptors (Lipinski definition) is 4. The van der Waals surface area contributed by atoms with Gasteiger partial charge in [-0.05, 0) is 37.5 Å². The molecule has 112 valence electrons. The molecule has 0 bridgehead atoms. The summed E-state index contributed by atoms with van der Waals surface area (Å²) in [5.74, 6) is -0.359. The highest BCUT2D eigenvalue weighted by atomic mass is 35.5. The summed E-state index contributed by atoms with van der Waals surface area (Å²) >= 11 is 0. The number of carbonyl (C=O) groups excluding carboxylic acids is 1. The Morgan fingerprint density at radius 2 is 2.05 bits per heavy atom. The van der Waals surface area contributed by atoms with Crippen LogP contribution in [0.15, 0.2) is 23.1 Å². The number of hydrogen-bond donors (Lipinski definition) is 3. The third kappa shape index (κ3) is 4.17. The van der Waals surface area contributed by atoms with Crippen molar-refractivity contribution in [2.24, 2.45) is 5.73 Å². The summed E-state index contributed by atoms with van der Waals surface area (Å²) < 4.78 is 26.9. The predicted molar refractivity (Wildman–Crippen MR) is 79.5 cm³/mol. The van der Waals surface area contributed by atoms with Crippen LogP contribution in [0.1, 0.15) is 18.4 Å². The van der Waals surface area contributed by atoms with Crippen LogP contribution >= 0.6 is 12.4 Å². The van der Waals surface area contributed by atoms with E-state index in [0.717, 1.165) is 12.8 Å². The van der Waals surface area contributed by atoms with Crippen molar-refractivity contribution >= 4 is 34.0 Å². The largest absolute Gasteiger partial charge is 0.325 e. The standard InChI is InChI=1S/C12H17N3O3S.ClH/c1-8-2-3-10(14-12(16)7-13)6-11(8)19(17,18)15-9-4-5-9;/h2-3,6,9,15H,4-5,7,13H2,1H3,(H,14,16);1H. The molecule has 2 rings (SSSR count). The van der Waals surface area contributed by atoms with Gasteiger partial charge in [-0.3, -0.25) is 4.79 Å². The van der Waals surface area contributed by atoms with E-state index in [9.17, 15) is 13.2 Å². The lowest BCUT2D eigenvalue weighted by Gasteiger charge is -2.11. The molecule has 0 heterocycles. The second-order valence-electron chi connectivity index (χ2n) is 4.63. The van der Waals surface area contributed by atoms with E-state index in [1.807, 2.05) is 0 Å². The molecule has 0 aliphatic heterocycles. The average Bonchev–Trinajstić information content (AvgIpc) is 3.14. The number of halogens is 1. The van der Waals surface area contributed by atoms with Crippen LogP contribution in [0.2, 0.25) is 0 Å². The Labute approximate surface area is 124 Å². The average molecular weight is 320 g/mol. The fraction of sp³-hybridized carbons (Fsp3) is 0.417. The molecule has 4 N–H and O–H groups in total. The number of carbonyl (C=O) groups is 1. The highest BCUT2D eigenvalue weighted by Crippen LogP contribution is 2.25. The van der Waals surface area contributed by atoms with E-state index in [-0.39, 0.29) is 35.8 Å². The van der Waals surface area contributed by atoms with E-state index in [1.165, 1.54) is 6.07 Å². The maximum atomic E-state index is 12.2. The fourth-order valence-corrected chi connectivity index (χ4v) is 3.24. The summed E-state index contributed by atoms with van der Waals surface area (Å²) in [7, 11) is -3.53. The minimum atomic E-state index is -3.53. The molecule has 1 saturated carbocycles. The Morgan fingerprint density at radius 1 is 1.40 bits per heavy atom. The number of amides is 1. The van der Waals surface area contributed by atoms with Gasteiger partial charge in [0.05, 0.1) is 11.4 Å². The molecule has 0 aromatic heterocycles. The summed E-state index contributed by atoms with van der Waals surface area (Å²) in [6.07, 6.45) is 1.75. The van der Waals surface area contributed by atoms with Crippen molar-refractivity contribution in [1.29, 1.82) is 0 Å². The van der Waals surface area contributed by atoms with Gasteiger partial charge >= 0.3 is 0 Å². The normalized spacial score (nSPS) is 14.5. The highest BCUT2D eigenvalue weighted by molar-refractivity contribution is 7.89. The van der Waals surface area contributed by atoms with Gasteiger partial charge in [0.15, 0.2) is 0 Å². The quantitative estimate of drug-likeness (QED) is 0.745. The fourth-order valence-electron chi connectivity index (χ4n) is 1.66. The first-order valence-corrected chi connectivity index (χ1v) is 7.53. The van der Waals surface area contributed by atoms with Crippen LogP contribution in [0.25, 0.3) is 0 Å². The van der Waals surface area contributed by atoms with Crippen molar-refractivity contribution in [2.45, 2.75) is 30.7 Å². The highest BCUT2D eigenvalue weighted by Gasteiger charge is 2.28. The Hall–Kier alpha value is -1.15. The Morgan fingerprint density at radius 3 is 2.60 bits per heavy atom.